The summed E-state index contributed by atoms with van der Waals surface area (Å²) in [6, 6.07) is 16.9. The number of anilines is 1. The molecule has 0 aromatic heterocycles. The first kappa shape index (κ1) is 12.8. The predicted molar refractivity (Wildman–Crippen MR) is 79.7 cm³/mol. The van der Waals surface area contributed by atoms with Crippen molar-refractivity contribution in [2.45, 2.75) is 0 Å². The van der Waals surface area contributed by atoms with Crippen molar-refractivity contribution in [1.29, 1.82) is 0 Å². The Morgan fingerprint density at radius 1 is 1.05 bits per heavy atom. The SMILES string of the molecule is O=C1OC/C(=C/c2ccc(Cl)cc2)N1c1ccccc1. The number of carbonyl (C=O) groups excluding carboxylic acids is 1. The quantitative estimate of drug-likeness (QED) is 0.821. The molecule has 1 heterocycles. The van der Waals surface area contributed by atoms with Gasteiger partial charge in [0.15, 0.2) is 0 Å². The lowest BCUT2D eigenvalue weighted by Crippen LogP contribution is -2.21. The van der Waals surface area contributed by atoms with Gasteiger partial charge >= 0.3 is 6.09 Å². The van der Waals surface area contributed by atoms with Crippen LogP contribution < -0.4 is 4.90 Å². The van der Waals surface area contributed by atoms with Crippen LogP contribution in [0, 0.1) is 0 Å². The van der Waals surface area contributed by atoms with Crippen LogP contribution in [-0.4, -0.2) is 12.7 Å². The molecule has 1 fully saturated rings. The van der Waals surface area contributed by atoms with Crippen molar-refractivity contribution in [1.82, 2.24) is 0 Å². The summed E-state index contributed by atoms with van der Waals surface area (Å²) >= 11 is 5.87. The average molecular weight is 286 g/mol. The summed E-state index contributed by atoms with van der Waals surface area (Å²) in [6.07, 6.45) is 1.57. The average Bonchev–Trinajstić information content (AvgIpc) is 2.83. The van der Waals surface area contributed by atoms with E-state index >= 15 is 0 Å². The van der Waals surface area contributed by atoms with Gasteiger partial charge in [-0.2, -0.15) is 0 Å². The van der Waals surface area contributed by atoms with Crippen molar-refractivity contribution < 1.29 is 9.53 Å². The molecule has 100 valence electrons. The van der Waals surface area contributed by atoms with Gasteiger partial charge in [-0.05, 0) is 35.9 Å². The van der Waals surface area contributed by atoms with Gasteiger partial charge in [0.25, 0.3) is 0 Å². The Morgan fingerprint density at radius 2 is 1.75 bits per heavy atom. The highest BCUT2D eigenvalue weighted by Gasteiger charge is 2.28. The Hall–Kier alpha value is -2.26. The van der Waals surface area contributed by atoms with Gasteiger partial charge in [0.05, 0.1) is 11.4 Å². The standard InChI is InChI=1S/C16H12ClNO2/c17-13-8-6-12(7-9-13)10-15-11-20-16(19)18(15)14-4-2-1-3-5-14/h1-10H,11H2/b15-10-. The molecule has 1 amide bonds. The zero-order chi connectivity index (χ0) is 13.9. The topological polar surface area (TPSA) is 29.5 Å². The summed E-state index contributed by atoms with van der Waals surface area (Å²) in [5.41, 5.74) is 2.59. The van der Waals surface area contributed by atoms with Crippen LogP contribution in [0.1, 0.15) is 5.56 Å². The fourth-order valence-corrected chi connectivity index (χ4v) is 2.21. The van der Waals surface area contributed by atoms with E-state index in [0.717, 1.165) is 16.9 Å². The van der Waals surface area contributed by atoms with E-state index in [1.807, 2.05) is 60.7 Å². The van der Waals surface area contributed by atoms with E-state index in [4.69, 9.17) is 16.3 Å². The van der Waals surface area contributed by atoms with Crippen LogP contribution >= 0.6 is 11.6 Å². The number of ether oxygens (including phenoxy) is 1. The van der Waals surface area contributed by atoms with Gasteiger partial charge in [-0.1, -0.05) is 41.9 Å². The Kier molecular flexibility index (Phi) is 3.44. The number of rotatable bonds is 2. The van der Waals surface area contributed by atoms with Crippen LogP contribution in [0.5, 0.6) is 0 Å². The highest BCUT2D eigenvalue weighted by Crippen LogP contribution is 2.26. The normalized spacial score (nSPS) is 16.6. The van der Waals surface area contributed by atoms with Gasteiger partial charge in [-0.3, -0.25) is 0 Å². The number of para-hydroxylation sites is 1. The lowest BCUT2D eigenvalue weighted by molar-refractivity contribution is 0.182. The Labute approximate surface area is 122 Å². The van der Waals surface area contributed by atoms with Crippen LogP contribution in [0.25, 0.3) is 6.08 Å². The van der Waals surface area contributed by atoms with Crippen molar-refractivity contribution in [3.05, 3.63) is 70.9 Å². The second-order valence-corrected chi connectivity index (χ2v) is 4.85. The van der Waals surface area contributed by atoms with Crippen molar-refractivity contribution >= 4 is 29.5 Å². The van der Waals surface area contributed by atoms with E-state index in [-0.39, 0.29) is 12.7 Å². The highest BCUT2D eigenvalue weighted by molar-refractivity contribution is 6.30. The number of amides is 1. The molecule has 0 unspecified atom stereocenters. The van der Waals surface area contributed by atoms with E-state index in [2.05, 4.69) is 0 Å². The van der Waals surface area contributed by atoms with Gasteiger partial charge in [-0.25, -0.2) is 9.69 Å². The molecule has 2 aromatic rings. The second-order valence-electron chi connectivity index (χ2n) is 4.41. The molecule has 0 aliphatic carbocycles. The molecule has 1 aliphatic heterocycles. The second kappa shape index (κ2) is 5.39. The fraction of sp³-hybridized carbons (Fsp3) is 0.0625. The minimum atomic E-state index is -0.351. The molecule has 20 heavy (non-hydrogen) atoms. The maximum atomic E-state index is 11.9. The zero-order valence-corrected chi connectivity index (χ0v) is 11.4. The molecule has 0 bridgehead atoms. The Bertz CT molecular complexity index is 650. The van der Waals surface area contributed by atoms with Crippen LogP contribution in [0.3, 0.4) is 0 Å². The van der Waals surface area contributed by atoms with Gasteiger partial charge in [0.2, 0.25) is 0 Å². The number of hydrogen-bond acceptors (Lipinski definition) is 2. The number of hydrogen-bond donors (Lipinski definition) is 0. The predicted octanol–water partition coefficient (Wildman–Crippen LogP) is 4.34. The first-order valence-corrected chi connectivity index (χ1v) is 6.60. The molecule has 1 aliphatic rings. The lowest BCUT2D eigenvalue weighted by atomic mass is 10.2. The first-order chi connectivity index (χ1) is 9.74. The van der Waals surface area contributed by atoms with Gasteiger partial charge in [0.1, 0.15) is 6.61 Å². The molecule has 0 radical (unpaired) electrons. The number of benzene rings is 2. The van der Waals surface area contributed by atoms with Crippen LogP contribution in [0.15, 0.2) is 60.3 Å². The van der Waals surface area contributed by atoms with Crippen LogP contribution in [-0.2, 0) is 4.74 Å². The van der Waals surface area contributed by atoms with Crippen LogP contribution in [0.4, 0.5) is 10.5 Å². The summed E-state index contributed by atoms with van der Waals surface area (Å²) < 4.78 is 5.12. The third-order valence-corrected chi connectivity index (χ3v) is 3.28. The minimum absolute atomic E-state index is 0.274. The maximum absolute atomic E-state index is 11.9. The summed E-state index contributed by atoms with van der Waals surface area (Å²) in [5, 5.41) is 0.686. The fourth-order valence-electron chi connectivity index (χ4n) is 2.09. The molecule has 2 aromatic carbocycles. The number of nitrogens with zero attached hydrogens (tertiary/aromatic N) is 1. The molecule has 0 atom stereocenters. The van der Waals surface area contributed by atoms with E-state index in [1.54, 1.807) is 4.90 Å². The van der Waals surface area contributed by atoms with Crippen molar-refractivity contribution in [2.24, 2.45) is 0 Å². The van der Waals surface area contributed by atoms with Gasteiger partial charge in [0, 0.05) is 5.02 Å². The number of halogens is 1. The van der Waals surface area contributed by atoms with E-state index < -0.39 is 0 Å². The van der Waals surface area contributed by atoms with E-state index in [0.29, 0.717) is 5.02 Å². The molecule has 0 spiro atoms. The third-order valence-electron chi connectivity index (χ3n) is 3.03. The number of cyclic esters (lactones) is 1. The van der Waals surface area contributed by atoms with Crippen molar-refractivity contribution in [3.8, 4) is 0 Å². The molecule has 3 rings (SSSR count). The summed E-state index contributed by atoms with van der Waals surface area (Å²) in [4.78, 5) is 13.4. The summed E-state index contributed by atoms with van der Waals surface area (Å²) in [5.74, 6) is 0. The minimum Gasteiger partial charge on any atom is -0.442 e. The van der Waals surface area contributed by atoms with Crippen molar-refractivity contribution in [3.63, 3.8) is 0 Å². The van der Waals surface area contributed by atoms with Gasteiger partial charge in [-0.15, -0.1) is 0 Å². The molecule has 4 heteroatoms. The summed E-state index contributed by atoms with van der Waals surface area (Å²) in [6.45, 7) is 0.274. The van der Waals surface area contributed by atoms with Gasteiger partial charge < -0.3 is 4.74 Å². The lowest BCUT2D eigenvalue weighted by Gasteiger charge is -2.14. The van der Waals surface area contributed by atoms with Crippen molar-refractivity contribution in [2.75, 3.05) is 11.5 Å². The summed E-state index contributed by atoms with van der Waals surface area (Å²) in [7, 11) is 0. The largest absolute Gasteiger partial charge is 0.442 e. The maximum Gasteiger partial charge on any atom is 0.419 e. The molecule has 0 saturated carbocycles. The number of carbonyl (C=O) groups is 1. The highest BCUT2D eigenvalue weighted by atomic mass is 35.5. The first-order valence-electron chi connectivity index (χ1n) is 6.22. The molecule has 3 nitrogen and oxygen atoms in total. The molecular weight excluding hydrogens is 274 g/mol. The Balaban J connectivity index is 1.96. The molecular formula is C16H12ClNO2. The Morgan fingerprint density at radius 3 is 2.45 bits per heavy atom. The van der Waals surface area contributed by atoms with E-state index in [9.17, 15) is 4.79 Å². The third kappa shape index (κ3) is 2.53. The smallest absolute Gasteiger partial charge is 0.419 e. The zero-order valence-electron chi connectivity index (χ0n) is 10.6. The van der Waals surface area contributed by atoms with E-state index in [1.165, 1.54) is 0 Å². The van der Waals surface area contributed by atoms with Crippen LogP contribution in [0.2, 0.25) is 5.02 Å². The molecule has 1 saturated heterocycles. The molecule has 0 N–H and O–H groups in total. The monoisotopic (exact) mass is 285 g/mol.